The Hall–Kier alpha value is -7.94. The van der Waals surface area contributed by atoms with Crippen molar-refractivity contribution < 1.29 is 80.3 Å². The molecule has 0 saturated carbocycles. The molecule has 0 aliphatic rings. The molecule has 3 amide bonds. The highest BCUT2D eigenvalue weighted by atomic mass is 19.4. The van der Waals surface area contributed by atoms with Crippen LogP contribution < -0.4 is 49.5 Å². The van der Waals surface area contributed by atoms with E-state index in [0.29, 0.717) is 28.2 Å². The van der Waals surface area contributed by atoms with Crippen LogP contribution in [0.2, 0.25) is 0 Å². The molecule has 0 aliphatic carbocycles. The van der Waals surface area contributed by atoms with E-state index in [0.717, 1.165) is 36.7 Å². The number of aromatic nitrogens is 1. The summed E-state index contributed by atoms with van der Waals surface area (Å²) < 4.78 is 83.1. The van der Waals surface area contributed by atoms with E-state index in [9.17, 15) is 65.0 Å². The summed E-state index contributed by atoms with van der Waals surface area (Å²) in [5, 5.41) is 39.3. The molecule has 0 fully saturated rings. The molecule has 2 aromatic carbocycles. The van der Waals surface area contributed by atoms with Crippen molar-refractivity contribution in [3.8, 4) is 0 Å². The Bertz CT molecular complexity index is 2310. The maximum atomic E-state index is 14.1. The number of benzene rings is 2. The molecule has 0 saturated heterocycles. The molecule has 0 bridgehead atoms. The number of hydrogen-bond acceptors (Lipinski definition) is 14. The molecule has 1 unspecified atom stereocenters. The number of aliphatic carboxylic acids is 4. The number of hydrogen-bond donors (Lipinski definition) is 11. The Kier molecular flexibility index (Phi) is 17.5. The highest BCUT2D eigenvalue weighted by Gasteiger charge is 2.37. The minimum atomic E-state index is -5.21. The highest BCUT2D eigenvalue weighted by molar-refractivity contribution is 5.99. The summed E-state index contributed by atoms with van der Waals surface area (Å²) in [6, 6.07) is 4.68. The molecule has 340 valence electrons. The third-order valence-corrected chi connectivity index (χ3v) is 7.83. The smallest absolute Gasteiger partial charge is 0.417 e. The van der Waals surface area contributed by atoms with Gasteiger partial charge in [-0.05, 0) is 55.5 Å². The van der Waals surface area contributed by atoms with Crippen molar-refractivity contribution in [3.63, 3.8) is 0 Å². The number of anilines is 2. The maximum absolute atomic E-state index is 14.1. The number of carbonyl (C=O) groups excluding carboxylic acids is 3. The van der Waals surface area contributed by atoms with Crippen LogP contribution in [-0.4, -0.2) is 79.6 Å². The van der Waals surface area contributed by atoms with Crippen molar-refractivity contribution >= 4 is 64.4 Å². The van der Waals surface area contributed by atoms with Crippen LogP contribution in [-0.2, 0) is 31.5 Å². The molecule has 21 nitrogen and oxygen atoms in total. The number of primary amides is 1. The normalized spacial score (nSPS) is 12.2. The van der Waals surface area contributed by atoms with E-state index in [1.54, 1.807) is 12.2 Å². The summed E-state index contributed by atoms with van der Waals surface area (Å²) in [5.74, 6) is 2.77. The van der Waals surface area contributed by atoms with Crippen molar-refractivity contribution in [2.75, 3.05) is 16.6 Å². The van der Waals surface area contributed by atoms with Crippen LogP contribution in [0, 0.1) is 0 Å². The number of nitrogens with zero attached hydrogens (tertiary/aromatic N) is 3. The summed E-state index contributed by atoms with van der Waals surface area (Å²) in [5.41, 5.74) is 10.5. The topological polar surface area (TPSA) is 374 Å². The van der Waals surface area contributed by atoms with Gasteiger partial charge in [0.2, 0.25) is 5.91 Å². The standard InChI is InChI=1S/C32H32F6N10O7.C4H6O4/c1-2-44-28(52)14-7-23(21(39)12-47(42)15-3-5-17(27(41)51)19(9-15)31(33,34)35)45-24(8-14)22(40)13-48(43)16-4-6-18(20(10-16)32(36,37)38)29(53)46-25(30(54)55)11-26(49)50;5-3(6)1-2-4(7)8/h3-10,12-13,25H,2,11,39-40,42-43H2,1H3,(H2,41,51)(H,44,52)(H,46,53)(H,49,50)(H,54,55);1-2H2,(H,5,6)(H,7,8)/b21-12-,22-13-;. The molecule has 1 heterocycles. The van der Waals surface area contributed by atoms with Gasteiger partial charge < -0.3 is 48.3 Å². The van der Waals surface area contributed by atoms with Gasteiger partial charge in [0.25, 0.3) is 11.8 Å². The Labute approximate surface area is 350 Å². The molecule has 1 atom stereocenters. The second-order valence-electron chi connectivity index (χ2n) is 12.5. The van der Waals surface area contributed by atoms with Gasteiger partial charge in [-0.25, -0.2) is 21.5 Å². The lowest BCUT2D eigenvalue weighted by atomic mass is 10.0. The van der Waals surface area contributed by atoms with Gasteiger partial charge in [-0.3, -0.25) is 38.8 Å². The van der Waals surface area contributed by atoms with Crippen LogP contribution in [0.1, 0.15) is 79.8 Å². The first kappa shape index (κ1) is 51.2. The summed E-state index contributed by atoms with van der Waals surface area (Å²) >= 11 is 0. The van der Waals surface area contributed by atoms with Crippen LogP contribution in [0.3, 0.4) is 0 Å². The fourth-order valence-corrected chi connectivity index (χ4v) is 4.89. The quantitative estimate of drug-likeness (QED) is 0.0523. The third kappa shape index (κ3) is 15.2. The minimum absolute atomic E-state index is 0.107. The fourth-order valence-electron chi connectivity index (χ4n) is 4.89. The summed E-state index contributed by atoms with van der Waals surface area (Å²) in [6.07, 6.45) is -10.1. The van der Waals surface area contributed by atoms with Crippen molar-refractivity contribution in [1.82, 2.24) is 15.6 Å². The second-order valence-corrected chi connectivity index (χ2v) is 12.5. The Morgan fingerprint density at radius 3 is 1.48 bits per heavy atom. The van der Waals surface area contributed by atoms with Gasteiger partial charge in [0.1, 0.15) is 6.04 Å². The number of pyridine rings is 1. The first-order chi connectivity index (χ1) is 29.1. The van der Waals surface area contributed by atoms with E-state index in [1.807, 2.05) is 0 Å². The minimum Gasteiger partial charge on any atom is -0.481 e. The Morgan fingerprint density at radius 1 is 0.683 bits per heavy atom. The molecule has 63 heavy (non-hydrogen) atoms. The van der Waals surface area contributed by atoms with Gasteiger partial charge >= 0.3 is 36.2 Å². The summed E-state index contributed by atoms with van der Waals surface area (Å²) in [4.78, 5) is 82.8. The van der Waals surface area contributed by atoms with Gasteiger partial charge in [-0.15, -0.1) is 0 Å². The number of rotatable bonds is 17. The molecule has 16 N–H and O–H groups in total. The van der Waals surface area contributed by atoms with E-state index < -0.39 is 94.4 Å². The lowest BCUT2D eigenvalue weighted by Crippen LogP contribution is -2.42. The van der Waals surface area contributed by atoms with Crippen LogP contribution >= 0.6 is 0 Å². The molecule has 3 rings (SSSR count). The van der Waals surface area contributed by atoms with E-state index in [-0.39, 0.29) is 53.4 Å². The van der Waals surface area contributed by atoms with Gasteiger partial charge in [-0.2, -0.15) is 26.3 Å². The van der Waals surface area contributed by atoms with E-state index in [2.05, 4.69) is 10.3 Å². The van der Waals surface area contributed by atoms with Crippen LogP contribution in [0.25, 0.3) is 11.4 Å². The zero-order valence-electron chi connectivity index (χ0n) is 32.3. The Balaban J connectivity index is 0.00000155. The summed E-state index contributed by atoms with van der Waals surface area (Å²) in [6.45, 7) is 1.76. The number of carboxylic acid groups (broad SMARTS) is 4. The number of carbonyl (C=O) groups is 7. The average molecular weight is 901 g/mol. The Morgan fingerprint density at radius 2 is 1.11 bits per heavy atom. The van der Waals surface area contributed by atoms with Crippen molar-refractivity contribution in [3.05, 3.63) is 100 Å². The SMILES string of the molecule is CCNC(=O)c1cc(/C(N)=C/N(N)c2ccc(C(N)=O)c(C(F)(F)F)c2)nc(/C(N)=C/N(N)c2ccc(C(=O)NC(CC(=O)O)C(=O)O)c(C(F)(F)F)c2)c1.O=C(O)CCC(=O)O. The van der Waals surface area contributed by atoms with Crippen molar-refractivity contribution in [2.24, 2.45) is 28.9 Å². The monoisotopic (exact) mass is 900 g/mol. The largest absolute Gasteiger partial charge is 0.481 e. The van der Waals surface area contributed by atoms with Gasteiger partial charge in [0.15, 0.2) is 0 Å². The number of hydrazine groups is 2. The van der Waals surface area contributed by atoms with Crippen LogP contribution in [0.5, 0.6) is 0 Å². The average Bonchev–Trinajstić information content (AvgIpc) is 3.18. The van der Waals surface area contributed by atoms with Crippen molar-refractivity contribution in [2.45, 2.75) is 44.6 Å². The van der Waals surface area contributed by atoms with E-state index >= 15 is 0 Å². The van der Waals surface area contributed by atoms with Crippen LogP contribution in [0.15, 0.2) is 60.9 Å². The summed E-state index contributed by atoms with van der Waals surface area (Å²) in [7, 11) is 0. The predicted molar refractivity (Wildman–Crippen MR) is 207 cm³/mol. The maximum Gasteiger partial charge on any atom is 0.417 e. The molecule has 0 aliphatic heterocycles. The van der Waals surface area contributed by atoms with Crippen LogP contribution in [0.4, 0.5) is 37.7 Å². The number of halogens is 6. The zero-order valence-corrected chi connectivity index (χ0v) is 32.3. The van der Waals surface area contributed by atoms with Gasteiger partial charge in [-0.1, -0.05) is 0 Å². The zero-order chi connectivity index (χ0) is 48.1. The molecule has 3 aromatic rings. The number of carboxylic acids is 4. The lowest BCUT2D eigenvalue weighted by Gasteiger charge is -2.20. The predicted octanol–water partition coefficient (Wildman–Crippen LogP) is 1.84. The first-order valence-corrected chi connectivity index (χ1v) is 17.3. The fraction of sp³-hybridized carbons (Fsp3) is 0.222. The molecule has 1 aromatic heterocycles. The molecule has 0 spiro atoms. The van der Waals surface area contributed by atoms with Gasteiger partial charge in [0.05, 0.1) is 75.7 Å². The number of nitrogens with one attached hydrogen (secondary N) is 2. The number of amides is 3. The van der Waals surface area contributed by atoms with Gasteiger partial charge in [0, 0.05) is 24.5 Å². The van der Waals surface area contributed by atoms with E-state index in [4.69, 9.17) is 44.2 Å². The molecular formula is C36H38F6N10O11. The highest BCUT2D eigenvalue weighted by Crippen LogP contribution is 2.36. The second kappa shape index (κ2) is 21.5. The first-order valence-electron chi connectivity index (χ1n) is 17.3. The number of nitrogens with two attached hydrogens (primary N) is 5. The number of alkyl halides is 6. The third-order valence-electron chi connectivity index (χ3n) is 7.83. The van der Waals surface area contributed by atoms with Crippen molar-refractivity contribution in [1.29, 1.82) is 0 Å². The molecule has 27 heteroatoms. The molecular weight excluding hydrogens is 862 g/mol. The van der Waals surface area contributed by atoms with E-state index in [1.165, 1.54) is 6.07 Å². The lowest BCUT2D eigenvalue weighted by molar-refractivity contribution is -0.145. The molecule has 0 radical (unpaired) electrons.